The number of carbonyl (C=O) groups excluding carboxylic acids is 1. The largest absolute Gasteiger partial charge is 0.463 e. The van der Waals surface area contributed by atoms with Gasteiger partial charge in [-0.05, 0) is 18.8 Å². The molecule has 3 unspecified atom stereocenters. The van der Waals surface area contributed by atoms with Crippen LogP contribution in [0.2, 0.25) is 0 Å². The van der Waals surface area contributed by atoms with Crippen LogP contribution in [-0.2, 0) is 19.0 Å². The Labute approximate surface area is 288 Å². The van der Waals surface area contributed by atoms with Crippen molar-refractivity contribution in [2.45, 2.75) is 218 Å². The third-order valence-corrected chi connectivity index (χ3v) is 10.2. The van der Waals surface area contributed by atoms with E-state index in [1.165, 1.54) is 123 Å². The average Bonchev–Trinajstić information content (AvgIpc) is 3.06. The van der Waals surface area contributed by atoms with Gasteiger partial charge in [0, 0.05) is 7.11 Å². The number of hydrogen-bond acceptors (Lipinski definition) is 8. The molecule has 0 aromatic rings. The quantitative estimate of drug-likeness (QED) is 0.0428. The van der Waals surface area contributed by atoms with Gasteiger partial charge in [-0.25, -0.2) is 0 Å². The van der Waals surface area contributed by atoms with Gasteiger partial charge >= 0.3 is 5.97 Å². The summed E-state index contributed by atoms with van der Waals surface area (Å²) in [7, 11) is 1.33. The molecule has 0 saturated carbocycles. The van der Waals surface area contributed by atoms with Gasteiger partial charge in [-0.3, -0.25) is 4.79 Å². The Morgan fingerprint density at radius 3 is 1.45 bits per heavy atom. The Hall–Kier alpha value is -0.770. The zero-order valence-electron chi connectivity index (χ0n) is 30.9. The number of rotatable bonds is 31. The van der Waals surface area contributed by atoms with Gasteiger partial charge < -0.3 is 34.6 Å². The fraction of sp³-hybridized carbons (Fsp3) is 0.974. The van der Waals surface area contributed by atoms with Gasteiger partial charge in [0.15, 0.2) is 6.29 Å². The second kappa shape index (κ2) is 29.0. The molecule has 0 aromatic heterocycles. The first-order valence-corrected chi connectivity index (χ1v) is 19.9. The molecule has 1 aliphatic rings. The van der Waals surface area contributed by atoms with E-state index in [9.17, 15) is 25.2 Å². The maximum absolute atomic E-state index is 13.4. The van der Waals surface area contributed by atoms with Gasteiger partial charge in [-0.15, -0.1) is 0 Å². The first kappa shape index (κ1) is 44.3. The van der Waals surface area contributed by atoms with E-state index in [0.29, 0.717) is 6.42 Å². The van der Waals surface area contributed by atoms with E-state index in [4.69, 9.17) is 14.2 Å². The summed E-state index contributed by atoms with van der Waals surface area (Å²) in [6, 6.07) is 0. The van der Waals surface area contributed by atoms with Crippen LogP contribution in [0.3, 0.4) is 0 Å². The first-order valence-electron chi connectivity index (χ1n) is 19.9. The van der Waals surface area contributed by atoms with Crippen LogP contribution in [0, 0.1) is 11.8 Å². The summed E-state index contributed by atoms with van der Waals surface area (Å²) in [5.74, 6) is -1.22. The van der Waals surface area contributed by atoms with Crippen LogP contribution in [0.4, 0.5) is 0 Å². The highest BCUT2D eigenvalue weighted by molar-refractivity contribution is 5.73. The van der Waals surface area contributed by atoms with Crippen molar-refractivity contribution < 1.29 is 39.4 Å². The normalized spacial score (nSPS) is 23.4. The summed E-state index contributed by atoms with van der Waals surface area (Å²) in [6.45, 7) is 6.23. The molecule has 0 aromatic carbocycles. The van der Waals surface area contributed by atoms with Crippen molar-refractivity contribution in [3.63, 3.8) is 0 Å². The van der Waals surface area contributed by atoms with E-state index in [0.717, 1.165) is 38.5 Å². The van der Waals surface area contributed by atoms with Crippen LogP contribution in [-0.4, -0.2) is 76.9 Å². The van der Waals surface area contributed by atoms with Gasteiger partial charge in [-0.1, -0.05) is 168 Å². The average molecular weight is 673 g/mol. The zero-order chi connectivity index (χ0) is 34.7. The van der Waals surface area contributed by atoms with E-state index in [1.54, 1.807) is 0 Å². The Morgan fingerprint density at radius 1 is 0.617 bits per heavy atom. The minimum Gasteiger partial charge on any atom is -0.463 e. The molecule has 8 nitrogen and oxygen atoms in total. The maximum atomic E-state index is 13.4. The SMILES string of the molecule is CCCCCCCCCCCCCCCC(O)C(C(=O)OC[C@H]1O[C@H](OC)[C@H](O)[C@@H](O)[C@@H]1O)C(C)CCCCCCCCCCCC. The predicted molar refractivity (Wildman–Crippen MR) is 190 cm³/mol. The molecule has 0 amide bonds. The molecule has 1 heterocycles. The summed E-state index contributed by atoms with van der Waals surface area (Å²) in [6.07, 6.45) is 22.9. The molecule has 1 saturated heterocycles. The van der Waals surface area contributed by atoms with Crippen molar-refractivity contribution in [3.8, 4) is 0 Å². The maximum Gasteiger partial charge on any atom is 0.311 e. The van der Waals surface area contributed by atoms with Crippen molar-refractivity contribution in [2.24, 2.45) is 11.8 Å². The minimum absolute atomic E-state index is 0.0511. The number of unbranched alkanes of at least 4 members (excludes halogenated alkanes) is 21. The summed E-state index contributed by atoms with van der Waals surface area (Å²) in [4.78, 5) is 13.4. The molecular formula is C39H76O8. The number of carbonyl (C=O) groups is 1. The fourth-order valence-electron chi connectivity index (χ4n) is 6.96. The van der Waals surface area contributed by atoms with Crippen LogP contribution in [0.15, 0.2) is 0 Å². The summed E-state index contributed by atoms with van der Waals surface area (Å²) in [5, 5.41) is 41.9. The highest BCUT2D eigenvalue weighted by Crippen LogP contribution is 2.28. The Balaban J connectivity index is 2.51. The van der Waals surface area contributed by atoms with Crippen molar-refractivity contribution in [2.75, 3.05) is 13.7 Å². The van der Waals surface area contributed by atoms with Crippen molar-refractivity contribution in [1.82, 2.24) is 0 Å². The molecule has 47 heavy (non-hydrogen) atoms. The number of aliphatic hydroxyl groups excluding tert-OH is 4. The fourth-order valence-corrected chi connectivity index (χ4v) is 6.96. The van der Waals surface area contributed by atoms with E-state index >= 15 is 0 Å². The van der Waals surface area contributed by atoms with E-state index in [2.05, 4.69) is 13.8 Å². The molecule has 8 heteroatoms. The third-order valence-electron chi connectivity index (χ3n) is 10.2. The lowest BCUT2D eigenvalue weighted by atomic mass is 9.83. The van der Waals surface area contributed by atoms with Crippen molar-refractivity contribution in [3.05, 3.63) is 0 Å². The van der Waals surface area contributed by atoms with Gasteiger partial charge in [0.25, 0.3) is 0 Å². The number of ether oxygens (including phenoxy) is 3. The van der Waals surface area contributed by atoms with Crippen LogP contribution in [0.1, 0.15) is 181 Å². The molecular weight excluding hydrogens is 596 g/mol. The molecule has 0 bridgehead atoms. The number of esters is 1. The molecule has 0 radical (unpaired) electrons. The first-order chi connectivity index (χ1) is 22.8. The van der Waals surface area contributed by atoms with Crippen molar-refractivity contribution >= 4 is 5.97 Å². The molecule has 0 spiro atoms. The lowest BCUT2D eigenvalue weighted by Gasteiger charge is -2.39. The van der Waals surface area contributed by atoms with Gasteiger partial charge in [0.05, 0.1) is 12.0 Å². The molecule has 1 aliphatic heterocycles. The molecule has 280 valence electrons. The standard InChI is InChI=1S/C39H76O8/c1-5-7-9-11-13-15-17-18-19-21-23-25-27-29-32(40)34(31(3)28-26-24-22-20-16-14-12-10-8-6-2)38(44)46-30-33-35(41)36(42)37(43)39(45-4)47-33/h31-37,39-43H,5-30H2,1-4H3/t31?,32?,33-,34?,35-,36+,37-,39+/m1/s1. The van der Waals surface area contributed by atoms with Crippen LogP contribution >= 0.6 is 0 Å². The van der Waals surface area contributed by atoms with Crippen LogP contribution < -0.4 is 0 Å². The third kappa shape index (κ3) is 19.9. The highest BCUT2D eigenvalue weighted by atomic mass is 16.7. The summed E-state index contributed by atoms with van der Waals surface area (Å²) in [5.41, 5.74) is 0. The second-order valence-electron chi connectivity index (χ2n) is 14.5. The lowest BCUT2D eigenvalue weighted by molar-refractivity contribution is -0.295. The van der Waals surface area contributed by atoms with E-state index in [-0.39, 0.29) is 12.5 Å². The molecule has 4 N–H and O–H groups in total. The monoisotopic (exact) mass is 673 g/mol. The lowest BCUT2D eigenvalue weighted by Crippen LogP contribution is -2.59. The van der Waals surface area contributed by atoms with Gasteiger partial charge in [0.1, 0.15) is 31.0 Å². The Bertz CT molecular complexity index is 719. The van der Waals surface area contributed by atoms with E-state index < -0.39 is 48.7 Å². The van der Waals surface area contributed by atoms with E-state index in [1.807, 2.05) is 6.92 Å². The van der Waals surface area contributed by atoms with Crippen LogP contribution in [0.5, 0.6) is 0 Å². The van der Waals surface area contributed by atoms with Crippen molar-refractivity contribution in [1.29, 1.82) is 0 Å². The molecule has 1 fully saturated rings. The zero-order valence-corrected chi connectivity index (χ0v) is 30.9. The molecule has 0 aliphatic carbocycles. The topological polar surface area (TPSA) is 126 Å². The second-order valence-corrected chi connectivity index (χ2v) is 14.5. The smallest absolute Gasteiger partial charge is 0.311 e. The number of hydrogen-bond donors (Lipinski definition) is 4. The summed E-state index contributed by atoms with van der Waals surface area (Å²) >= 11 is 0. The van der Waals surface area contributed by atoms with Gasteiger partial charge in [-0.2, -0.15) is 0 Å². The molecule has 8 atom stereocenters. The Morgan fingerprint density at radius 2 is 1.02 bits per heavy atom. The number of methoxy groups -OCH3 is 1. The minimum atomic E-state index is -1.48. The molecule has 1 rings (SSSR count). The highest BCUT2D eigenvalue weighted by Gasteiger charge is 2.45. The van der Waals surface area contributed by atoms with Gasteiger partial charge in [0.2, 0.25) is 0 Å². The predicted octanol–water partition coefficient (Wildman–Crippen LogP) is 8.39. The Kier molecular flexibility index (Phi) is 27.3. The summed E-state index contributed by atoms with van der Waals surface area (Å²) < 4.78 is 16.2. The van der Waals surface area contributed by atoms with Crippen LogP contribution in [0.25, 0.3) is 0 Å². The number of aliphatic hydroxyl groups is 4.